The molecular weight excluding hydrogens is 260 g/mol. The van der Waals surface area contributed by atoms with Gasteiger partial charge in [0.15, 0.2) is 0 Å². The Morgan fingerprint density at radius 2 is 2.05 bits per heavy atom. The summed E-state index contributed by atoms with van der Waals surface area (Å²) in [7, 11) is 0. The summed E-state index contributed by atoms with van der Waals surface area (Å²) in [5.74, 6) is -1.35. The molecule has 1 aliphatic carbocycles. The molecule has 2 amide bonds. The van der Waals surface area contributed by atoms with Crippen LogP contribution in [0.2, 0.25) is 0 Å². The highest BCUT2D eigenvalue weighted by atomic mass is 16.4. The lowest BCUT2D eigenvalue weighted by atomic mass is 10.0. The van der Waals surface area contributed by atoms with Crippen molar-refractivity contribution in [1.29, 1.82) is 0 Å². The molecule has 2 atom stereocenters. The van der Waals surface area contributed by atoms with E-state index in [2.05, 4.69) is 5.32 Å². The van der Waals surface area contributed by atoms with Gasteiger partial charge in [-0.05, 0) is 24.7 Å². The highest BCUT2D eigenvalue weighted by molar-refractivity contribution is 5.91. The molecule has 112 valence electrons. The Hall–Kier alpha value is -1.59. The molecule has 1 saturated carbocycles. The fourth-order valence-corrected chi connectivity index (χ4v) is 2.52. The molecule has 0 aromatic heterocycles. The van der Waals surface area contributed by atoms with E-state index in [9.17, 15) is 14.4 Å². The van der Waals surface area contributed by atoms with Crippen LogP contribution in [0.15, 0.2) is 0 Å². The van der Waals surface area contributed by atoms with Crippen LogP contribution in [-0.4, -0.2) is 46.9 Å². The molecule has 2 aliphatic rings. The van der Waals surface area contributed by atoms with Gasteiger partial charge in [-0.25, -0.2) is 4.79 Å². The van der Waals surface area contributed by atoms with Gasteiger partial charge in [-0.1, -0.05) is 13.8 Å². The quantitative estimate of drug-likeness (QED) is 0.741. The second kappa shape index (κ2) is 5.81. The van der Waals surface area contributed by atoms with E-state index in [0.29, 0.717) is 12.5 Å². The van der Waals surface area contributed by atoms with E-state index in [0.717, 1.165) is 19.4 Å². The molecule has 6 nitrogen and oxygen atoms in total. The van der Waals surface area contributed by atoms with Crippen LogP contribution in [0.25, 0.3) is 0 Å². The highest BCUT2D eigenvalue weighted by Crippen LogP contribution is 2.32. The van der Waals surface area contributed by atoms with Gasteiger partial charge < -0.3 is 15.3 Å². The molecule has 2 N–H and O–H groups in total. The first-order chi connectivity index (χ1) is 9.38. The minimum Gasteiger partial charge on any atom is -0.480 e. The maximum Gasteiger partial charge on any atom is 0.326 e. The number of carboxylic acid groups (broad SMARTS) is 1. The fourth-order valence-electron chi connectivity index (χ4n) is 2.52. The van der Waals surface area contributed by atoms with Crippen LogP contribution < -0.4 is 5.32 Å². The maximum absolute atomic E-state index is 12.1. The van der Waals surface area contributed by atoms with Crippen molar-refractivity contribution in [2.75, 3.05) is 13.1 Å². The Labute approximate surface area is 118 Å². The lowest BCUT2D eigenvalue weighted by molar-refractivity contribution is -0.143. The number of hydrogen-bond acceptors (Lipinski definition) is 3. The van der Waals surface area contributed by atoms with Crippen LogP contribution in [0.1, 0.15) is 33.1 Å². The summed E-state index contributed by atoms with van der Waals surface area (Å²) in [4.78, 5) is 36.8. The minimum absolute atomic E-state index is 0.00784. The van der Waals surface area contributed by atoms with Gasteiger partial charge in [0.1, 0.15) is 6.04 Å². The molecule has 2 unspecified atom stereocenters. The molecule has 1 saturated heterocycles. The smallest absolute Gasteiger partial charge is 0.326 e. The molecule has 0 bridgehead atoms. The van der Waals surface area contributed by atoms with Crippen molar-refractivity contribution in [1.82, 2.24) is 10.2 Å². The molecule has 1 aliphatic heterocycles. The zero-order chi connectivity index (χ0) is 14.9. The Kier molecular flexibility index (Phi) is 4.30. The average molecular weight is 282 g/mol. The molecule has 0 spiro atoms. The van der Waals surface area contributed by atoms with Crippen LogP contribution in [-0.2, 0) is 14.4 Å². The summed E-state index contributed by atoms with van der Waals surface area (Å²) in [6.07, 6.45) is 2.52. The third-order valence-corrected chi connectivity index (χ3v) is 3.99. The van der Waals surface area contributed by atoms with Gasteiger partial charge in [-0.2, -0.15) is 0 Å². The van der Waals surface area contributed by atoms with E-state index in [1.807, 2.05) is 0 Å². The van der Waals surface area contributed by atoms with Crippen LogP contribution >= 0.6 is 0 Å². The van der Waals surface area contributed by atoms with Crippen molar-refractivity contribution in [2.45, 2.75) is 39.2 Å². The molecule has 6 heteroatoms. The number of carboxylic acids is 1. The van der Waals surface area contributed by atoms with E-state index in [1.54, 1.807) is 18.7 Å². The zero-order valence-electron chi connectivity index (χ0n) is 12.0. The largest absolute Gasteiger partial charge is 0.480 e. The molecule has 2 fully saturated rings. The normalized spacial score (nSPS) is 24.1. The number of carbonyl (C=O) groups is 3. The van der Waals surface area contributed by atoms with Gasteiger partial charge in [-0.15, -0.1) is 0 Å². The number of aliphatic carboxylic acids is 1. The van der Waals surface area contributed by atoms with Crippen LogP contribution in [0, 0.1) is 17.8 Å². The van der Waals surface area contributed by atoms with E-state index >= 15 is 0 Å². The van der Waals surface area contributed by atoms with Gasteiger partial charge in [-0.3, -0.25) is 9.59 Å². The van der Waals surface area contributed by atoms with Crippen molar-refractivity contribution in [3.63, 3.8) is 0 Å². The number of nitrogens with zero attached hydrogens (tertiary/aromatic N) is 1. The average Bonchev–Trinajstić information content (AvgIpc) is 3.09. The third-order valence-electron chi connectivity index (χ3n) is 3.99. The molecule has 0 aromatic carbocycles. The van der Waals surface area contributed by atoms with Crippen molar-refractivity contribution >= 4 is 17.8 Å². The molecule has 0 radical (unpaired) electrons. The number of likely N-dealkylation sites (tertiary alicyclic amines) is 1. The first-order valence-corrected chi connectivity index (χ1v) is 7.19. The third kappa shape index (κ3) is 3.49. The summed E-state index contributed by atoms with van der Waals surface area (Å²) >= 11 is 0. The number of amides is 2. The van der Waals surface area contributed by atoms with Gasteiger partial charge in [0, 0.05) is 19.5 Å². The predicted octanol–water partition coefficient (Wildman–Crippen LogP) is 0.470. The molecular formula is C14H22N2O4. The Morgan fingerprint density at radius 3 is 2.55 bits per heavy atom. The topological polar surface area (TPSA) is 86.7 Å². The number of hydrogen-bond donors (Lipinski definition) is 2. The van der Waals surface area contributed by atoms with Gasteiger partial charge >= 0.3 is 5.97 Å². The Balaban J connectivity index is 1.89. The Bertz CT molecular complexity index is 417. The Morgan fingerprint density at radius 1 is 1.40 bits per heavy atom. The van der Waals surface area contributed by atoms with E-state index in [4.69, 9.17) is 5.11 Å². The number of carbonyl (C=O) groups excluding carboxylic acids is 2. The van der Waals surface area contributed by atoms with Crippen molar-refractivity contribution in [2.24, 2.45) is 17.8 Å². The first-order valence-electron chi connectivity index (χ1n) is 7.19. The maximum atomic E-state index is 12.1. The van der Waals surface area contributed by atoms with Gasteiger partial charge in [0.25, 0.3) is 0 Å². The standard InChI is InChI=1S/C14H22N2O4/c1-8(2)12(14(19)20)15-13(18)10-5-11(17)16(7-10)6-9-3-4-9/h8-10,12H,3-7H2,1-2H3,(H,15,18)(H,19,20). The molecule has 20 heavy (non-hydrogen) atoms. The van der Waals surface area contributed by atoms with Crippen molar-refractivity contribution in [3.8, 4) is 0 Å². The van der Waals surface area contributed by atoms with Crippen molar-refractivity contribution in [3.05, 3.63) is 0 Å². The summed E-state index contributed by atoms with van der Waals surface area (Å²) in [6.45, 7) is 4.66. The minimum atomic E-state index is -1.03. The summed E-state index contributed by atoms with van der Waals surface area (Å²) in [5, 5.41) is 11.6. The lowest BCUT2D eigenvalue weighted by Gasteiger charge is -2.20. The van der Waals surface area contributed by atoms with E-state index in [1.165, 1.54) is 0 Å². The van der Waals surface area contributed by atoms with Crippen LogP contribution in [0.3, 0.4) is 0 Å². The fraction of sp³-hybridized carbons (Fsp3) is 0.786. The molecule has 2 rings (SSSR count). The molecule has 0 aromatic rings. The second-order valence-corrected chi connectivity index (χ2v) is 6.21. The zero-order valence-corrected chi connectivity index (χ0v) is 12.0. The number of nitrogens with one attached hydrogen (secondary N) is 1. The summed E-state index contributed by atoms with van der Waals surface area (Å²) < 4.78 is 0. The SMILES string of the molecule is CC(C)C(NC(=O)C1CC(=O)N(CC2CC2)C1)C(=O)O. The second-order valence-electron chi connectivity index (χ2n) is 6.21. The van der Waals surface area contributed by atoms with E-state index < -0.39 is 17.9 Å². The van der Waals surface area contributed by atoms with E-state index in [-0.39, 0.29) is 24.2 Å². The van der Waals surface area contributed by atoms with Gasteiger partial charge in [0.05, 0.1) is 5.92 Å². The summed E-state index contributed by atoms with van der Waals surface area (Å²) in [6, 6.07) is -0.893. The predicted molar refractivity (Wildman–Crippen MR) is 71.8 cm³/mol. The summed E-state index contributed by atoms with van der Waals surface area (Å²) in [5.41, 5.74) is 0. The highest BCUT2D eigenvalue weighted by Gasteiger charge is 2.38. The molecule has 1 heterocycles. The van der Waals surface area contributed by atoms with Gasteiger partial charge in [0.2, 0.25) is 11.8 Å². The number of rotatable bonds is 6. The van der Waals surface area contributed by atoms with Crippen molar-refractivity contribution < 1.29 is 19.5 Å². The monoisotopic (exact) mass is 282 g/mol. The van der Waals surface area contributed by atoms with Crippen LogP contribution in [0.5, 0.6) is 0 Å². The lowest BCUT2D eigenvalue weighted by Crippen LogP contribution is -2.47. The van der Waals surface area contributed by atoms with Crippen LogP contribution in [0.4, 0.5) is 0 Å². The first kappa shape index (κ1) is 14.8.